The molecule has 1 amide bonds. The topological polar surface area (TPSA) is 120 Å². The third-order valence-electron chi connectivity index (χ3n) is 3.98. The van der Waals surface area contributed by atoms with E-state index in [0.717, 1.165) is 0 Å². The van der Waals surface area contributed by atoms with Crippen molar-refractivity contribution >= 4 is 28.7 Å². The molecule has 8 nitrogen and oxygen atoms in total. The van der Waals surface area contributed by atoms with Crippen molar-refractivity contribution in [2.24, 2.45) is 0 Å². The number of pyridine rings is 2. The lowest BCUT2D eigenvalue weighted by Gasteiger charge is -2.12. The molecule has 0 aliphatic heterocycles. The number of hydrogen-bond donors (Lipinski definition) is 2. The predicted octanol–water partition coefficient (Wildman–Crippen LogP) is 3.91. The van der Waals surface area contributed by atoms with Crippen LogP contribution in [0, 0.1) is 0 Å². The number of nitrogens with two attached hydrogens (primary N) is 1. The molecule has 0 saturated heterocycles. The zero-order valence-electron chi connectivity index (χ0n) is 15.5. The molecule has 0 unspecified atom stereocenters. The summed E-state index contributed by atoms with van der Waals surface area (Å²) in [6.45, 7) is 0. The van der Waals surface area contributed by atoms with Gasteiger partial charge in [-0.05, 0) is 18.2 Å². The van der Waals surface area contributed by atoms with E-state index in [0.29, 0.717) is 10.7 Å². The molecular formula is C19H12F3N7OS. The van der Waals surface area contributed by atoms with Crippen molar-refractivity contribution < 1.29 is 18.0 Å². The third-order valence-corrected chi connectivity index (χ3v) is 4.77. The minimum Gasteiger partial charge on any atom is -0.384 e. The van der Waals surface area contributed by atoms with Crippen molar-refractivity contribution in [2.75, 3.05) is 11.1 Å². The number of alkyl halides is 3. The summed E-state index contributed by atoms with van der Waals surface area (Å²) in [5, 5.41) is 5.04. The first kappa shape index (κ1) is 20.3. The highest BCUT2D eigenvalue weighted by atomic mass is 32.1. The number of nitrogen functional groups attached to an aromatic ring is 1. The summed E-state index contributed by atoms with van der Waals surface area (Å²) in [6.07, 6.45) is -0.499. The Morgan fingerprint density at radius 2 is 1.90 bits per heavy atom. The third kappa shape index (κ3) is 4.48. The van der Waals surface area contributed by atoms with Crippen molar-refractivity contribution in [3.63, 3.8) is 0 Å². The van der Waals surface area contributed by atoms with E-state index in [-0.39, 0.29) is 28.5 Å². The van der Waals surface area contributed by atoms with Gasteiger partial charge >= 0.3 is 6.18 Å². The van der Waals surface area contributed by atoms with E-state index in [1.54, 1.807) is 23.7 Å². The standard InChI is InChI=1S/C19H12F3N7OS/c20-19(21,22)18-28-13(8-15(23)29-18)10-4-5-24-9-14(10)27-16(30)11-2-1-3-12(26-11)17-25-6-7-31-17/h1-9H,(H,27,30)(H2,23,28,29). The van der Waals surface area contributed by atoms with E-state index >= 15 is 0 Å². The van der Waals surface area contributed by atoms with Gasteiger partial charge in [-0.15, -0.1) is 11.3 Å². The van der Waals surface area contributed by atoms with Gasteiger partial charge in [0.25, 0.3) is 5.91 Å². The lowest BCUT2D eigenvalue weighted by atomic mass is 10.1. The molecule has 4 heterocycles. The molecule has 156 valence electrons. The van der Waals surface area contributed by atoms with Gasteiger partial charge in [0.1, 0.15) is 16.5 Å². The number of anilines is 2. The van der Waals surface area contributed by atoms with Crippen LogP contribution in [0.4, 0.5) is 24.7 Å². The van der Waals surface area contributed by atoms with Crippen LogP contribution in [0.2, 0.25) is 0 Å². The molecule has 0 saturated carbocycles. The number of rotatable bonds is 4. The molecule has 0 atom stereocenters. The maximum Gasteiger partial charge on any atom is 0.451 e. The van der Waals surface area contributed by atoms with Crippen LogP contribution in [-0.4, -0.2) is 30.8 Å². The van der Waals surface area contributed by atoms with E-state index in [9.17, 15) is 18.0 Å². The Morgan fingerprint density at radius 1 is 1.06 bits per heavy atom. The second-order valence-corrected chi connectivity index (χ2v) is 7.01. The van der Waals surface area contributed by atoms with Crippen LogP contribution in [0.25, 0.3) is 22.0 Å². The lowest BCUT2D eigenvalue weighted by Crippen LogP contribution is -2.16. The van der Waals surface area contributed by atoms with Crippen LogP contribution in [0.5, 0.6) is 0 Å². The Hall–Kier alpha value is -3.93. The summed E-state index contributed by atoms with van der Waals surface area (Å²) in [4.78, 5) is 31.9. The quantitative estimate of drug-likeness (QED) is 0.491. The molecule has 0 bridgehead atoms. The zero-order valence-corrected chi connectivity index (χ0v) is 16.3. The molecule has 4 aromatic rings. The number of halogens is 3. The summed E-state index contributed by atoms with van der Waals surface area (Å²) in [5.41, 5.74) is 6.37. The summed E-state index contributed by atoms with van der Waals surface area (Å²) in [7, 11) is 0. The van der Waals surface area contributed by atoms with Gasteiger partial charge in [-0.1, -0.05) is 6.07 Å². The van der Waals surface area contributed by atoms with E-state index in [1.807, 2.05) is 0 Å². The van der Waals surface area contributed by atoms with Gasteiger partial charge in [0.05, 0.1) is 23.3 Å². The normalized spacial score (nSPS) is 11.3. The van der Waals surface area contributed by atoms with E-state index in [2.05, 4.69) is 30.2 Å². The summed E-state index contributed by atoms with van der Waals surface area (Å²) < 4.78 is 39.2. The molecule has 31 heavy (non-hydrogen) atoms. The molecule has 4 aromatic heterocycles. The van der Waals surface area contributed by atoms with E-state index < -0.39 is 17.9 Å². The average Bonchev–Trinajstić information content (AvgIpc) is 3.28. The molecule has 0 spiro atoms. The molecule has 12 heteroatoms. The Bertz CT molecular complexity index is 1250. The second-order valence-electron chi connectivity index (χ2n) is 6.12. The number of carbonyl (C=O) groups excluding carboxylic acids is 1. The highest BCUT2D eigenvalue weighted by molar-refractivity contribution is 7.13. The van der Waals surface area contributed by atoms with Crippen LogP contribution in [0.3, 0.4) is 0 Å². The van der Waals surface area contributed by atoms with Crippen LogP contribution < -0.4 is 11.1 Å². The number of nitrogens with zero attached hydrogens (tertiary/aromatic N) is 5. The van der Waals surface area contributed by atoms with Gasteiger partial charge in [-0.3, -0.25) is 9.78 Å². The number of thiazole rings is 1. The number of carbonyl (C=O) groups is 1. The van der Waals surface area contributed by atoms with Gasteiger partial charge in [-0.25, -0.2) is 19.9 Å². The van der Waals surface area contributed by atoms with E-state index in [1.165, 1.54) is 41.9 Å². The fourth-order valence-electron chi connectivity index (χ4n) is 2.66. The van der Waals surface area contributed by atoms with Gasteiger partial charge in [0.2, 0.25) is 5.82 Å². The van der Waals surface area contributed by atoms with Gasteiger partial charge < -0.3 is 11.1 Å². The van der Waals surface area contributed by atoms with Crippen LogP contribution in [0.15, 0.2) is 54.3 Å². The van der Waals surface area contributed by atoms with Crippen molar-refractivity contribution in [3.8, 4) is 22.0 Å². The highest BCUT2D eigenvalue weighted by Gasteiger charge is 2.35. The number of aromatic nitrogens is 5. The van der Waals surface area contributed by atoms with Crippen molar-refractivity contribution in [2.45, 2.75) is 6.18 Å². The van der Waals surface area contributed by atoms with E-state index in [4.69, 9.17) is 5.73 Å². The first-order valence-electron chi connectivity index (χ1n) is 8.65. The second kappa shape index (κ2) is 8.07. The first-order chi connectivity index (χ1) is 14.8. The summed E-state index contributed by atoms with van der Waals surface area (Å²) >= 11 is 1.37. The Morgan fingerprint density at radius 3 is 2.65 bits per heavy atom. The van der Waals surface area contributed by atoms with Crippen LogP contribution >= 0.6 is 11.3 Å². The molecule has 0 aliphatic carbocycles. The first-order valence-corrected chi connectivity index (χ1v) is 9.53. The smallest absolute Gasteiger partial charge is 0.384 e. The van der Waals surface area contributed by atoms with Crippen molar-refractivity contribution in [1.82, 2.24) is 24.9 Å². The highest BCUT2D eigenvalue weighted by Crippen LogP contribution is 2.32. The maximum atomic E-state index is 13.1. The summed E-state index contributed by atoms with van der Waals surface area (Å²) in [5.74, 6) is -2.32. The SMILES string of the molecule is Nc1cc(-c2ccncc2NC(=O)c2cccc(-c3nccs3)n2)nc(C(F)(F)F)n1. The fraction of sp³-hybridized carbons (Fsp3) is 0.0526. The predicted molar refractivity (Wildman–Crippen MR) is 108 cm³/mol. The number of nitrogens with one attached hydrogen (secondary N) is 1. The maximum absolute atomic E-state index is 13.1. The molecule has 0 radical (unpaired) electrons. The van der Waals surface area contributed by atoms with Gasteiger partial charge in [-0.2, -0.15) is 13.2 Å². The van der Waals surface area contributed by atoms with Crippen molar-refractivity contribution in [1.29, 1.82) is 0 Å². The minimum atomic E-state index is -4.78. The molecule has 4 rings (SSSR count). The Labute approximate surface area is 177 Å². The van der Waals surface area contributed by atoms with Crippen LogP contribution in [-0.2, 0) is 6.18 Å². The van der Waals surface area contributed by atoms with Gasteiger partial charge in [0, 0.05) is 29.4 Å². The molecule has 0 aliphatic rings. The fourth-order valence-corrected chi connectivity index (χ4v) is 3.27. The minimum absolute atomic E-state index is 0.0979. The summed E-state index contributed by atoms with van der Waals surface area (Å²) in [6, 6.07) is 7.47. The largest absolute Gasteiger partial charge is 0.451 e. The number of hydrogen-bond acceptors (Lipinski definition) is 8. The van der Waals surface area contributed by atoms with Crippen LogP contribution in [0.1, 0.15) is 16.3 Å². The molecular weight excluding hydrogens is 431 g/mol. The molecule has 0 aromatic carbocycles. The Balaban J connectivity index is 1.67. The van der Waals surface area contributed by atoms with Crippen molar-refractivity contribution in [3.05, 3.63) is 65.8 Å². The molecule has 0 fully saturated rings. The number of amides is 1. The monoisotopic (exact) mass is 443 g/mol. The zero-order chi connectivity index (χ0) is 22.0. The Kier molecular flexibility index (Phi) is 5.29. The van der Waals surface area contributed by atoms with Gasteiger partial charge in [0.15, 0.2) is 0 Å². The lowest BCUT2D eigenvalue weighted by molar-refractivity contribution is -0.144. The average molecular weight is 443 g/mol. The molecule has 3 N–H and O–H groups in total.